The number of carbonyl (C=O) groups is 1. The molecule has 1 aliphatic rings. The van der Waals surface area contributed by atoms with E-state index >= 15 is 0 Å². The van der Waals surface area contributed by atoms with Crippen molar-refractivity contribution in [2.24, 2.45) is 0 Å². The maximum absolute atomic E-state index is 12.2. The third-order valence-corrected chi connectivity index (χ3v) is 4.28. The van der Waals surface area contributed by atoms with E-state index < -0.39 is 0 Å². The Morgan fingerprint density at radius 2 is 2.28 bits per heavy atom. The molecule has 1 saturated heterocycles. The molecule has 1 heterocycles. The van der Waals surface area contributed by atoms with Crippen molar-refractivity contribution in [3.8, 4) is 0 Å². The standard InChI is InChI=1S/C12H14BrClN2O.ClH/c1-15-9-4-5-16(7-9)12(17)8-2-3-10(13)11(14)6-8;/h2-3,6,9,15H,4-5,7H2,1H3;1H. The Balaban J connectivity index is 0.00000162. The maximum Gasteiger partial charge on any atom is 0.253 e. The first-order valence-corrected chi connectivity index (χ1v) is 6.70. The first-order valence-electron chi connectivity index (χ1n) is 5.53. The first kappa shape index (κ1) is 15.8. The lowest BCUT2D eigenvalue weighted by Crippen LogP contribution is -2.33. The smallest absolute Gasteiger partial charge is 0.253 e. The third kappa shape index (κ3) is 3.38. The number of halogens is 3. The van der Waals surface area contributed by atoms with Crippen LogP contribution in [0.2, 0.25) is 5.02 Å². The molecule has 0 radical (unpaired) electrons. The number of amides is 1. The van der Waals surface area contributed by atoms with Crippen LogP contribution < -0.4 is 5.32 Å². The molecule has 0 bridgehead atoms. The number of hydrogen-bond donors (Lipinski definition) is 1. The van der Waals surface area contributed by atoms with Gasteiger partial charge in [-0.05, 0) is 47.6 Å². The fourth-order valence-electron chi connectivity index (χ4n) is 1.99. The highest BCUT2D eigenvalue weighted by molar-refractivity contribution is 9.10. The fraction of sp³-hybridized carbons (Fsp3) is 0.417. The van der Waals surface area contributed by atoms with Crippen LogP contribution in [0.3, 0.4) is 0 Å². The first-order chi connectivity index (χ1) is 8.11. The molecule has 0 aromatic heterocycles. The molecule has 0 aliphatic carbocycles. The number of nitrogens with zero attached hydrogens (tertiary/aromatic N) is 1. The van der Waals surface area contributed by atoms with Gasteiger partial charge in [0.15, 0.2) is 0 Å². The summed E-state index contributed by atoms with van der Waals surface area (Å²) >= 11 is 9.31. The quantitative estimate of drug-likeness (QED) is 0.886. The summed E-state index contributed by atoms with van der Waals surface area (Å²) in [7, 11) is 1.93. The molecule has 18 heavy (non-hydrogen) atoms. The fourth-order valence-corrected chi connectivity index (χ4v) is 2.42. The molecule has 1 atom stereocenters. The van der Waals surface area contributed by atoms with Gasteiger partial charge in [0, 0.05) is 29.2 Å². The van der Waals surface area contributed by atoms with Crippen LogP contribution in [0.15, 0.2) is 22.7 Å². The molecule has 1 amide bonds. The largest absolute Gasteiger partial charge is 0.337 e. The topological polar surface area (TPSA) is 32.3 Å². The number of likely N-dealkylation sites (N-methyl/N-ethyl adjacent to an activating group) is 1. The van der Waals surface area contributed by atoms with Gasteiger partial charge in [-0.2, -0.15) is 0 Å². The number of likely N-dealkylation sites (tertiary alicyclic amines) is 1. The normalized spacial score (nSPS) is 18.6. The number of hydrogen-bond acceptors (Lipinski definition) is 2. The highest BCUT2D eigenvalue weighted by atomic mass is 79.9. The molecule has 2 rings (SSSR count). The maximum atomic E-state index is 12.2. The summed E-state index contributed by atoms with van der Waals surface area (Å²) in [5.41, 5.74) is 0.648. The SMILES string of the molecule is CNC1CCN(C(=O)c2ccc(Br)c(Cl)c2)C1.Cl. The van der Waals surface area contributed by atoms with Crippen molar-refractivity contribution in [2.75, 3.05) is 20.1 Å². The van der Waals surface area contributed by atoms with E-state index in [4.69, 9.17) is 11.6 Å². The monoisotopic (exact) mass is 352 g/mol. The van der Waals surface area contributed by atoms with Crippen LogP contribution in [0.5, 0.6) is 0 Å². The molecule has 1 N–H and O–H groups in total. The Hall–Kier alpha value is -0.290. The Morgan fingerprint density at radius 3 is 2.83 bits per heavy atom. The second kappa shape index (κ2) is 6.75. The number of benzene rings is 1. The van der Waals surface area contributed by atoms with E-state index in [2.05, 4.69) is 21.2 Å². The molecule has 100 valence electrons. The van der Waals surface area contributed by atoms with Gasteiger partial charge in [0.05, 0.1) is 5.02 Å². The average molecular weight is 354 g/mol. The van der Waals surface area contributed by atoms with Gasteiger partial charge in [0.25, 0.3) is 5.91 Å². The van der Waals surface area contributed by atoms with Gasteiger partial charge in [-0.1, -0.05) is 11.6 Å². The van der Waals surface area contributed by atoms with E-state index in [9.17, 15) is 4.79 Å². The molecule has 1 aromatic carbocycles. The van der Waals surface area contributed by atoms with E-state index in [-0.39, 0.29) is 18.3 Å². The third-order valence-electron chi connectivity index (χ3n) is 3.05. The average Bonchev–Trinajstić information content (AvgIpc) is 2.80. The van der Waals surface area contributed by atoms with E-state index in [1.807, 2.05) is 11.9 Å². The predicted molar refractivity (Wildman–Crippen MR) is 79.8 cm³/mol. The zero-order valence-corrected chi connectivity index (χ0v) is 13.1. The minimum Gasteiger partial charge on any atom is -0.337 e. The minimum atomic E-state index is 0. The van der Waals surface area contributed by atoms with Gasteiger partial charge in [-0.3, -0.25) is 4.79 Å². The van der Waals surface area contributed by atoms with E-state index in [1.165, 1.54) is 0 Å². The summed E-state index contributed by atoms with van der Waals surface area (Å²) in [5.74, 6) is 0.0529. The van der Waals surface area contributed by atoms with E-state index in [0.29, 0.717) is 16.6 Å². The highest BCUT2D eigenvalue weighted by Gasteiger charge is 2.25. The molecule has 1 aromatic rings. The van der Waals surface area contributed by atoms with E-state index in [1.54, 1.807) is 18.2 Å². The minimum absolute atomic E-state index is 0. The van der Waals surface area contributed by atoms with Crippen LogP contribution in [-0.4, -0.2) is 37.0 Å². The zero-order chi connectivity index (χ0) is 12.4. The highest BCUT2D eigenvalue weighted by Crippen LogP contribution is 2.24. The Kier molecular flexibility index (Phi) is 5.92. The van der Waals surface area contributed by atoms with Crippen molar-refractivity contribution >= 4 is 45.8 Å². The second-order valence-electron chi connectivity index (χ2n) is 4.15. The lowest BCUT2D eigenvalue weighted by Gasteiger charge is -2.16. The number of carbonyl (C=O) groups excluding carboxylic acids is 1. The summed E-state index contributed by atoms with van der Waals surface area (Å²) in [5, 5.41) is 3.76. The van der Waals surface area contributed by atoms with Crippen molar-refractivity contribution < 1.29 is 4.79 Å². The van der Waals surface area contributed by atoms with Gasteiger partial charge in [0.2, 0.25) is 0 Å². The predicted octanol–water partition coefficient (Wildman–Crippen LogP) is 2.96. The van der Waals surface area contributed by atoms with Gasteiger partial charge in [0.1, 0.15) is 0 Å². The molecule has 1 aliphatic heterocycles. The summed E-state index contributed by atoms with van der Waals surface area (Å²) < 4.78 is 0.810. The number of nitrogens with one attached hydrogen (secondary N) is 1. The van der Waals surface area contributed by atoms with Crippen LogP contribution in [-0.2, 0) is 0 Å². The van der Waals surface area contributed by atoms with Crippen LogP contribution >= 0.6 is 39.9 Å². The Labute approximate surface area is 126 Å². The van der Waals surface area contributed by atoms with Gasteiger partial charge < -0.3 is 10.2 Å². The van der Waals surface area contributed by atoms with E-state index in [0.717, 1.165) is 24.0 Å². The molecule has 0 saturated carbocycles. The lowest BCUT2D eigenvalue weighted by molar-refractivity contribution is 0.0789. The summed E-state index contributed by atoms with van der Waals surface area (Å²) in [6.07, 6.45) is 1.01. The molecule has 1 fully saturated rings. The van der Waals surface area contributed by atoms with Gasteiger partial charge >= 0.3 is 0 Å². The summed E-state index contributed by atoms with van der Waals surface area (Å²) in [4.78, 5) is 14.1. The molecule has 0 spiro atoms. The van der Waals surface area contributed by atoms with Crippen molar-refractivity contribution in [3.63, 3.8) is 0 Å². The number of rotatable bonds is 2. The van der Waals surface area contributed by atoms with Crippen LogP contribution in [0, 0.1) is 0 Å². The zero-order valence-electron chi connectivity index (χ0n) is 9.95. The second-order valence-corrected chi connectivity index (χ2v) is 5.42. The molecule has 6 heteroatoms. The Morgan fingerprint density at radius 1 is 1.56 bits per heavy atom. The van der Waals surface area contributed by atoms with Crippen LogP contribution in [0.4, 0.5) is 0 Å². The van der Waals surface area contributed by atoms with Crippen molar-refractivity contribution in [2.45, 2.75) is 12.5 Å². The van der Waals surface area contributed by atoms with Gasteiger partial charge in [-0.15, -0.1) is 12.4 Å². The van der Waals surface area contributed by atoms with Gasteiger partial charge in [-0.25, -0.2) is 0 Å². The molecule has 3 nitrogen and oxygen atoms in total. The molecular weight excluding hydrogens is 339 g/mol. The van der Waals surface area contributed by atoms with Crippen LogP contribution in [0.25, 0.3) is 0 Å². The lowest BCUT2D eigenvalue weighted by atomic mass is 10.2. The van der Waals surface area contributed by atoms with Crippen molar-refractivity contribution in [3.05, 3.63) is 33.3 Å². The molecule has 1 unspecified atom stereocenters. The Bertz CT molecular complexity index is 442. The van der Waals surface area contributed by atoms with Crippen molar-refractivity contribution in [1.29, 1.82) is 0 Å². The summed E-state index contributed by atoms with van der Waals surface area (Å²) in [6, 6.07) is 5.72. The summed E-state index contributed by atoms with van der Waals surface area (Å²) in [6.45, 7) is 1.57. The molecular formula is C12H15BrCl2N2O. The van der Waals surface area contributed by atoms with Crippen molar-refractivity contribution in [1.82, 2.24) is 10.2 Å². The van der Waals surface area contributed by atoms with Crippen LogP contribution in [0.1, 0.15) is 16.8 Å².